The fourth-order valence-electron chi connectivity index (χ4n) is 3.05. The van der Waals surface area contributed by atoms with Gasteiger partial charge in [0.2, 0.25) is 11.8 Å². The molecule has 2 aliphatic rings. The smallest absolute Gasteiger partial charge is 0.240 e. The summed E-state index contributed by atoms with van der Waals surface area (Å²) in [4.78, 5) is 27.2. The first-order chi connectivity index (χ1) is 11.0. The maximum absolute atomic E-state index is 12.7. The molecular weight excluding hydrogens is 292 g/mol. The number of carbonyl (C=O) groups excluding carboxylic acids is 2. The number of para-hydroxylation sites is 2. The molecule has 2 fully saturated rings. The van der Waals surface area contributed by atoms with E-state index in [1.807, 2.05) is 43.0 Å². The van der Waals surface area contributed by atoms with E-state index in [4.69, 9.17) is 4.74 Å². The third-order valence-corrected chi connectivity index (χ3v) is 4.49. The Balaban J connectivity index is 1.73. The van der Waals surface area contributed by atoms with Crippen LogP contribution >= 0.6 is 0 Å². The van der Waals surface area contributed by atoms with Crippen LogP contribution in [0, 0.1) is 5.41 Å². The molecule has 1 saturated carbocycles. The summed E-state index contributed by atoms with van der Waals surface area (Å²) in [6.07, 6.45) is 3.38. The topological polar surface area (TPSA) is 58.6 Å². The van der Waals surface area contributed by atoms with E-state index >= 15 is 0 Å². The van der Waals surface area contributed by atoms with Crippen molar-refractivity contribution in [2.75, 3.05) is 18.4 Å². The number of nitrogens with one attached hydrogen (secondary N) is 1. The molecule has 0 spiro atoms. The van der Waals surface area contributed by atoms with Crippen molar-refractivity contribution in [3.05, 3.63) is 24.3 Å². The van der Waals surface area contributed by atoms with E-state index in [1.165, 1.54) is 0 Å². The monoisotopic (exact) mass is 316 g/mol. The Morgan fingerprint density at radius 3 is 2.43 bits per heavy atom. The number of hydrogen-bond donors (Lipinski definition) is 1. The van der Waals surface area contributed by atoms with Gasteiger partial charge in [0.15, 0.2) is 0 Å². The molecule has 0 atom stereocenters. The lowest BCUT2D eigenvalue weighted by Crippen LogP contribution is -2.41. The second-order valence-corrected chi connectivity index (χ2v) is 6.70. The minimum atomic E-state index is -0.852. The maximum Gasteiger partial charge on any atom is 0.240 e. The average molecular weight is 316 g/mol. The fraction of sp³-hybridized carbons (Fsp3) is 0.556. The lowest BCUT2D eigenvalue weighted by atomic mass is 10.0. The van der Waals surface area contributed by atoms with Crippen LogP contribution < -0.4 is 10.1 Å². The second-order valence-electron chi connectivity index (χ2n) is 6.70. The molecule has 1 aromatic carbocycles. The minimum absolute atomic E-state index is 0.00485. The zero-order chi connectivity index (χ0) is 16.4. The predicted molar refractivity (Wildman–Crippen MR) is 88.3 cm³/mol. The number of likely N-dealkylation sites (tertiary alicyclic amines) is 1. The van der Waals surface area contributed by atoms with Gasteiger partial charge in [0.05, 0.1) is 11.8 Å². The number of anilines is 1. The molecule has 5 heteroatoms. The molecule has 5 nitrogen and oxygen atoms in total. The quantitative estimate of drug-likeness (QED) is 0.850. The van der Waals surface area contributed by atoms with Gasteiger partial charge in [-0.25, -0.2) is 0 Å². The molecule has 2 amide bonds. The van der Waals surface area contributed by atoms with Crippen LogP contribution in [-0.2, 0) is 9.59 Å². The Labute approximate surface area is 137 Å². The van der Waals surface area contributed by atoms with Gasteiger partial charge in [0.25, 0.3) is 0 Å². The van der Waals surface area contributed by atoms with Crippen molar-refractivity contribution in [2.24, 2.45) is 5.41 Å². The van der Waals surface area contributed by atoms with Gasteiger partial charge < -0.3 is 15.0 Å². The maximum atomic E-state index is 12.7. The highest BCUT2D eigenvalue weighted by Crippen LogP contribution is 2.49. The van der Waals surface area contributed by atoms with E-state index in [1.54, 1.807) is 0 Å². The molecule has 1 aliphatic heterocycles. The van der Waals surface area contributed by atoms with E-state index in [0.29, 0.717) is 24.3 Å². The number of benzene rings is 1. The van der Waals surface area contributed by atoms with Crippen molar-refractivity contribution in [1.82, 2.24) is 4.90 Å². The van der Waals surface area contributed by atoms with Gasteiger partial charge in [-0.15, -0.1) is 0 Å². The highest BCUT2D eigenvalue weighted by molar-refractivity contribution is 6.13. The van der Waals surface area contributed by atoms with E-state index < -0.39 is 5.41 Å². The highest BCUT2D eigenvalue weighted by atomic mass is 16.5. The summed E-state index contributed by atoms with van der Waals surface area (Å²) in [5.74, 6) is 0.434. The van der Waals surface area contributed by atoms with E-state index in [0.717, 1.165) is 25.9 Å². The van der Waals surface area contributed by atoms with Crippen LogP contribution in [0.2, 0.25) is 0 Å². The SMILES string of the molecule is CC(C)Oc1ccccc1NC(=O)C1(C(=O)N2CCCC2)CC1. The molecule has 0 radical (unpaired) electrons. The van der Waals surface area contributed by atoms with E-state index in [9.17, 15) is 9.59 Å². The number of amides is 2. The van der Waals surface area contributed by atoms with Crippen molar-refractivity contribution in [2.45, 2.75) is 45.6 Å². The van der Waals surface area contributed by atoms with Gasteiger partial charge in [0.1, 0.15) is 11.2 Å². The first-order valence-electron chi connectivity index (χ1n) is 8.39. The summed E-state index contributed by atoms with van der Waals surface area (Å²) in [7, 11) is 0. The molecular formula is C18H24N2O3. The summed E-state index contributed by atoms with van der Waals surface area (Å²) in [5.41, 5.74) is -0.221. The summed E-state index contributed by atoms with van der Waals surface area (Å²) in [5, 5.41) is 2.91. The van der Waals surface area contributed by atoms with Crippen LogP contribution in [0.1, 0.15) is 39.5 Å². The lowest BCUT2D eigenvalue weighted by molar-refractivity contribution is -0.141. The summed E-state index contributed by atoms with van der Waals surface area (Å²) in [6.45, 7) is 5.44. The number of carbonyl (C=O) groups is 2. The normalized spacial score (nSPS) is 18.8. The van der Waals surface area contributed by atoms with Gasteiger partial charge >= 0.3 is 0 Å². The molecule has 0 unspecified atom stereocenters. The van der Waals surface area contributed by atoms with Crippen molar-refractivity contribution >= 4 is 17.5 Å². The van der Waals surface area contributed by atoms with Gasteiger partial charge in [0, 0.05) is 13.1 Å². The zero-order valence-corrected chi connectivity index (χ0v) is 13.8. The highest BCUT2D eigenvalue weighted by Gasteiger charge is 2.58. The van der Waals surface area contributed by atoms with Gasteiger partial charge in [-0.3, -0.25) is 9.59 Å². The standard InChI is InChI=1S/C18H24N2O3/c1-13(2)23-15-8-4-3-7-14(15)19-16(21)18(9-10-18)17(22)20-11-5-6-12-20/h3-4,7-8,13H,5-6,9-12H2,1-2H3,(H,19,21). The Hall–Kier alpha value is -2.04. The van der Waals surface area contributed by atoms with Gasteiger partial charge in [-0.2, -0.15) is 0 Å². The molecule has 1 heterocycles. The zero-order valence-electron chi connectivity index (χ0n) is 13.8. The van der Waals surface area contributed by atoms with E-state index in [-0.39, 0.29) is 17.9 Å². The molecule has 23 heavy (non-hydrogen) atoms. The molecule has 3 rings (SSSR count). The Morgan fingerprint density at radius 1 is 1.17 bits per heavy atom. The van der Waals surface area contributed by atoms with Crippen molar-refractivity contribution in [3.8, 4) is 5.75 Å². The third kappa shape index (κ3) is 3.19. The average Bonchev–Trinajstić information content (AvgIpc) is 3.15. The number of ether oxygens (including phenoxy) is 1. The molecule has 0 bridgehead atoms. The molecule has 1 aromatic rings. The molecule has 1 aliphatic carbocycles. The van der Waals surface area contributed by atoms with Crippen LogP contribution in [0.15, 0.2) is 24.3 Å². The Morgan fingerprint density at radius 2 is 1.83 bits per heavy atom. The second kappa shape index (κ2) is 6.22. The summed E-state index contributed by atoms with van der Waals surface area (Å²) >= 11 is 0. The molecule has 1 saturated heterocycles. The van der Waals surface area contributed by atoms with Crippen LogP contribution in [0.3, 0.4) is 0 Å². The van der Waals surface area contributed by atoms with E-state index in [2.05, 4.69) is 5.32 Å². The predicted octanol–water partition coefficient (Wildman–Crippen LogP) is 2.81. The number of rotatable bonds is 5. The molecule has 1 N–H and O–H groups in total. The minimum Gasteiger partial charge on any atom is -0.489 e. The van der Waals surface area contributed by atoms with Gasteiger partial charge in [-0.1, -0.05) is 12.1 Å². The third-order valence-electron chi connectivity index (χ3n) is 4.49. The van der Waals surface area contributed by atoms with Crippen molar-refractivity contribution in [3.63, 3.8) is 0 Å². The van der Waals surface area contributed by atoms with Gasteiger partial charge in [-0.05, 0) is 51.7 Å². The lowest BCUT2D eigenvalue weighted by Gasteiger charge is -2.23. The van der Waals surface area contributed by atoms with Crippen LogP contribution in [0.4, 0.5) is 5.69 Å². The summed E-state index contributed by atoms with van der Waals surface area (Å²) in [6, 6.07) is 7.36. The first kappa shape index (κ1) is 15.8. The van der Waals surface area contributed by atoms with Crippen LogP contribution in [-0.4, -0.2) is 35.9 Å². The summed E-state index contributed by atoms with van der Waals surface area (Å²) < 4.78 is 5.73. The Bertz CT molecular complexity index is 602. The van der Waals surface area contributed by atoms with Crippen LogP contribution in [0.25, 0.3) is 0 Å². The van der Waals surface area contributed by atoms with Crippen molar-refractivity contribution in [1.29, 1.82) is 0 Å². The van der Waals surface area contributed by atoms with Crippen LogP contribution in [0.5, 0.6) is 5.75 Å². The molecule has 0 aromatic heterocycles. The fourth-order valence-corrected chi connectivity index (χ4v) is 3.05. The first-order valence-corrected chi connectivity index (χ1v) is 8.39. The number of hydrogen-bond acceptors (Lipinski definition) is 3. The van der Waals surface area contributed by atoms with Crippen molar-refractivity contribution < 1.29 is 14.3 Å². The molecule has 124 valence electrons. The largest absolute Gasteiger partial charge is 0.489 e. The number of nitrogens with zero attached hydrogens (tertiary/aromatic N) is 1. The Kier molecular flexibility index (Phi) is 4.28.